The number of amides is 6. The third-order valence-corrected chi connectivity index (χ3v) is 13.8. The van der Waals surface area contributed by atoms with Crippen LogP contribution in [0.15, 0.2) is 48.5 Å². The Labute approximate surface area is 379 Å². The van der Waals surface area contributed by atoms with Gasteiger partial charge in [0.2, 0.25) is 17.7 Å². The van der Waals surface area contributed by atoms with E-state index in [-0.39, 0.29) is 72.1 Å². The number of hydrogen-bond donors (Lipinski definition) is 2. The van der Waals surface area contributed by atoms with Gasteiger partial charge in [0.25, 0.3) is 17.7 Å². The lowest BCUT2D eigenvalue weighted by atomic mass is 9.87. The second-order valence-corrected chi connectivity index (χ2v) is 19.7. The van der Waals surface area contributed by atoms with Gasteiger partial charge in [-0.2, -0.15) is 0 Å². The monoisotopic (exact) mass is 915 g/mol. The first-order valence-electron chi connectivity index (χ1n) is 22.7. The van der Waals surface area contributed by atoms with Crippen molar-refractivity contribution in [3.05, 3.63) is 87.7 Å². The van der Waals surface area contributed by atoms with Crippen molar-refractivity contribution in [2.75, 3.05) is 50.7 Å². The number of imide groups is 2. The van der Waals surface area contributed by atoms with Crippen LogP contribution in [0.3, 0.4) is 0 Å². The summed E-state index contributed by atoms with van der Waals surface area (Å²) in [5, 5.41) is 5.12. The largest absolute Gasteiger partial charge is 0.493 e. The zero-order valence-electron chi connectivity index (χ0n) is 37.3. The first-order valence-corrected chi connectivity index (χ1v) is 24.7. The molecule has 4 aliphatic heterocycles. The highest BCUT2D eigenvalue weighted by atomic mass is 32.2. The second kappa shape index (κ2) is 20.7. The summed E-state index contributed by atoms with van der Waals surface area (Å²) in [6.07, 6.45) is 10.1. The molecule has 0 spiro atoms. The molecule has 6 amide bonds. The molecule has 2 saturated heterocycles. The van der Waals surface area contributed by atoms with Gasteiger partial charge >= 0.3 is 0 Å². The van der Waals surface area contributed by atoms with Gasteiger partial charge in [-0.3, -0.25) is 39.0 Å². The maximum Gasteiger partial charge on any atom is 0.264 e. The lowest BCUT2D eigenvalue weighted by Gasteiger charge is -2.32. The molecular weight excluding hydrogens is 858 g/mol. The Bertz CT molecular complexity index is 2450. The van der Waals surface area contributed by atoms with E-state index in [4.69, 9.17) is 9.47 Å². The van der Waals surface area contributed by atoms with E-state index >= 15 is 4.39 Å². The number of likely N-dealkylation sites (tertiary alicyclic amines) is 1. The van der Waals surface area contributed by atoms with Gasteiger partial charge in [-0.15, -0.1) is 0 Å². The minimum absolute atomic E-state index is 0.0283. The summed E-state index contributed by atoms with van der Waals surface area (Å²) in [5.41, 5.74) is 2.34. The third kappa shape index (κ3) is 10.9. The molecule has 17 heteroatoms. The Morgan fingerprint density at radius 2 is 1.60 bits per heavy atom. The Hall–Kier alpha value is -5.68. The minimum Gasteiger partial charge on any atom is -0.493 e. The van der Waals surface area contributed by atoms with Crippen LogP contribution in [0.5, 0.6) is 11.5 Å². The number of methoxy groups -OCH3 is 1. The second-order valence-electron chi connectivity index (χ2n) is 17.5. The fourth-order valence-electron chi connectivity index (χ4n) is 9.57. The average molecular weight is 916 g/mol. The van der Waals surface area contributed by atoms with Crippen molar-refractivity contribution in [2.45, 2.75) is 109 Å². The molecule has 4 aliphatic rings. The lowest BCUT2D eigenvalue weighted by molar-refractivity contribution is -0.137. The highest BCUT2D eigenvalue weighted by molar-refractivity contribution is 7.90. The molecule has 0 saturated carbocycles. The van der Waals surface area contributed by atoms with Gasteiger partial charge < -0.3 is 24.6 Å². The predicted molar refractivity (Wildman–Crippen MR) is 240 cm³/mol. The van der Waals surface area contributed by atoms with Crippen molar-refractivity contribution in [2.24, 2.45) is 0 Å². The number of nitrogens with one attached hydrogen (secondary N) is 2. The zero-order chi connectivity index (χ0) is 46.4. The molecule has 4 heterocycles. The highest BCUT2D eigenvalue weighted by Crippen LogP contribution is 2.39. The van der Waals surface area contributed by atoms with E-state index in [2.05, 4.69) is 15.5 Å². The van der Waals surface area contributed by atoms with Crippen LogP contribution >= 0.6 is 0 Å². The number of anilines is 1. The molecule has 3 aromatic rings. The van der Waals surface area contributed by atoms with Crippen molar-refractivity contribution >= 4 is 51.0 Å². The van der Waals surface area contributed by atoms with Gasteiger partial charge in [0.1, 0.15) is 21.7 Å². The summed E-state index contributed by atoms with van der Waals surface area (Å²) < 4.78 is 51.7. The summed E-state index contributed by atoms with van der Waals surface area (Å²) >= 11 is 0. The summed E-state index contributed by atoms with van der Waals surface area (Å²) in [6, 6.07) is 10.7. The number of rotatable bonds is 20. The van der Waals surface area contributed by atoms with Crippen LogP contribution in [0.25, 0.3) is 0 Å². The van der Waals surface area contributed by atoms with Gasteiger partial charge in [-0.25, -0.2) is 12.8 Å². The number of carbonyl (C=O) groups excluding carboxylic acids is 6. The van der Waals surface area contributed by atoms with Crippen molar-refractivity contribution in [1.29, 1.82) is 0 Å². The van der Waals surface area contributed by atoms with Gasteiger partial charge in [-0.05, 0) is 112 Å². The number of ether oxygens (including phenoxy) is 2. The Balaban J connectivity index is 0.811. The molecule has 1 unspecified atom stereocenters. The first-order chi connectivity index (χ1) is 31.2. The Morgan fingerprint density at radius 3 is 2.29 bits per heavy atom. The van der Waals surface area contributed by atoms with Gasteiger partial charge in [0.05, 0.1) is 42.3 Å². The van der Waals surface area contributed by atoms with Gasteiger partial charge in [-0.1, -0.05) is 50.3 Å². The zero-order valence-corrected chi connectivity index (χ0v) is 38.1. The molecule has 7 rings (SSSR count). The molecule has 2 N–H and O–H groups in total. The van der Waals surface area contributed by atoms with Crippen LogP contribution in [0.1, 0.15) is 144 Å². The van der Waals surface area contributed by atoms with E-state index in [1.165, 1.54) is 24.1 Å². The molecular formula is C48H58FN5O10S. The summed E-state index contributed by atoms with van der Waals surface area (Å²) in [7, 11) is -2.20. The molecule has 15 nitrogen and oxygen atoms in total. The number of hydrogen-bond acceptors (Lipinski definition) is 11. The van der Waals surface area contributed by atoms with Crippen molar-refractivity contribution in [1.82, 2.24) is 20.0 Å². The highest BCUT2D eigenvalue weighted by Gasteiger charge is 2.44. The van der Waals surface area contributed by atoms with Crippen molar-refractivity contribution in [3.63, 3.8) is 0 Å². The molecule has 2 fully saturated rings. The standard InChI is InChI=1S/C48H58FN5O10S/c1-4-64-41-26-31(16-18-40(41)63-2)39(29-65(3,61)62)54-47(59)33-13-12-14-37(44(33)48(54)60)50-42(55)15-10-8-6-5-7-9-11-22-52-23-20-30(21-24-52)34-25-32-28-53(46(58)35(32)27-36(34)49)38-17-19-43(56)51-45(38)57/h12-14,16,18,25-27,30,38-39H,4-11,15,17,19-24,28-29H2,1-3H3,(H,50,55)(H,51,56,57)/t38?,39-/m1/s1. The van der Waals surface area contributed by atoms with Crippen LogP contribution < -0.4 is 20.1 Å². The fraction of sp³-hybridized carbons (Fsp3) is 0.500. The number of sulfone groups is 1. The summed E-state index contributed by atoms with van der Waals surface area (Å²) in [4.78, 5) is 82.8. The predicted octanol–water partition coefficient (Wildman–Crippen LogP) is 6.31. The Morgan fingerprint density at radius 1 is 0.877 bits per heavy atom. The topological polar surface area (TPSA) is 189 Å². The van der Waals surface area contributed by atoms with E-state index in [1.54, 1.807) is 43.3 Å². The average Bonchev–Trinajstić information content (AvgIpc) is 3.72. The van der Waals surface area contributed by atoms with Crippen LogP contribution in [-0.4, -0.2) is 110 Å². The molecule has 2 atom stereocenters. The van der Waals surface area contributed by atoms with Crippen LogP contribution in [0.4, 0.5) is 10.1 Å². The van der Waals surface area contributed by atoms with Crippen LogP contribution in [0, 0.1) is 5.82 Å². The van der Waals surface area contributed by atoms with Crippen LogP contribution in [0.2, 0.25) is 0 Å². The number of unbranched alkanes of at least 4 members (excludes halogenated alkanes) is 6. The fourth-order valence-corrected chi connectivity index (χ4v) is 10.5. The number of nitrogens with zero attached hydrogens (tertiary/aromatic N) is 3. The van der Waals surface area contributed by atoms with Crippen molar-refractivity contribution in [3.8, 4) is 11.5 Å². The minimum atomic E-state index is -3.68. The number of benzene rings is 3. The first kappa shape index (κ1) is 47.3. The van der Waals surface area contributed by atoms with E-state index < -0.39 is 45.4 Å². The van der Waals surface area contributed by atoms with Crippen molar-refractivity contribution < 1.29 is 51.0 Å². The number of carbonyl (C=O) groups is 6. The van der Waals surface area contributed by atoms with Crippen LogP contribution in [-0.2, 0) is 30.8 Å². The SMILES string of the molecule is CCOc1cc([C@@H](CS(C)(=O)=O)N2C(=O)c3cccc(NC(=O)CCCCCCCCCN4CCC(c5cc6c(cc5F)C(=O)N(C5CCC(=O)NC5=O)C6)CC4)c3C2=O)ccc1OC. The Kier molecular flexibility index (Phi) is 15.0. The van der Waals surface area contributed by atoms with E-state index in [9.17, 15) is 37.2 Å². The molecule has 3 aromatic carbocycles. The summed E-state index contributed by atoms with van der Waals surface area (Å²) in [5.74, 6) is -2.91. The smallest absolute Gasteiger partial charge is 0.264 e. The molecule has 0 aliphatic carbocycles. The van der Waals surface area contributed by atoms with Gasteiger partial charge in [0, 0.05) is 31.2 Å². The van der Waals surface area contributed by atoms with E-state index in [0.29, 0.717) is 41.2 Å². The quantitative estimate of drug-likeness (QED) is 0.0955. The summed E-state index contributed by atoms with van der Waals surface area (Å²) in [6.45, 7) is 5.03. The van der Waals surface area contributed by atoms with E-state index in [0.717, 1.165) is 87.7 Å². The molecule has 0 aromatic heterocycles. The van der Waals surface area contributed by atoms with E-state index in [1.807, 2.05) is 0 Å². The molecule has 0 bridgehead atoms. The molecule has 0 radical (unpaired) electrons. The lowest BCUT2D eigenvalue weighted by Crippen LogP contribution is -2.52. The third-order valence-electron chi connectivity index (χ3n) is 12.9. The maximum absolute atomic E-state index is 15.4. The number of piperidine rings is 2. The van der Waals surface area contributed by atoms with Gasteiger partial charge in [0.15, 0.2) is 11.5 Å². The normalized spacial score (nSPS) is 18.5. The maximum atomic E-state index is 15.4. The molecule has 65 heavy (non-hydrogen) atoms. The number of halogens is 1. The number of fused-ring (bicyclic) bond motifs is 2. The molecule has 348 valence electrons.